The van der Waals surface area contributed by atoms with Crippen molar-refractivity contribution < 1.29 is 9.53 Å². The second-order valence-corrected chi connectivity index (χ2v) is 7.69. The molecule has 25 heavy (non-hydrogen) atoms. The van der Waals surface area contributed by atoms with Gasteiger partial charge in [-0.2, -0.15) is 10.4 Å². The second kappa shape index (κ2) is 7.26. The molecule has 7 nitrogen and oxygen atoms in total. The standard InChI is InChI=1S/C18H27N5O2/c1-11-10-23(16-14(9-19)12(2)13(3)21-22-16)8-7-15(11)20-17(24)25-18(4,5)6/h11,15H,7-8,10H2,1-6H3,(H,20,24)/t11-,15-/m0/s1. The maximum absolute atomic E-state index is 12.0. The zero-order valence-corrected chi connectivity index (χ0v) is 15.9. The molecule has 0 unspecified atom stereocenters. The summed E-state index contributed by atoms with van der Waals surface area (Å²) in [6, 6.07) is 2.29. The van der Waals surface area contributed by atoms with Gasteiger partial charge < -0.3 is 15.0 Å². The summed E-state index contributed by atoms with van der Waals surface area (Å²) in [6.07, 6.45) is 0.376. The molecule has 1 aliphatic rings. The molecule has 7 heteroatoms. The summed E-state index contributed by atoms with van der Waals surface area (Å²) in [5.74, 6) is 0.837. The molecule has 1 saturated heterocycles. The molecule has 0 aliphatic carbocycles. The Morgan fingerprint density at radius 3 is 2.60 bits per heavy atom. The number of amides is 1. The van der Waals surface area contributed by atoms with Crippen LogP contribution in [0.25, 0.3) is 0 Å². The summed E-state index contributed by atoms with van der Waals surface area (Å²) in [5, 5.41) is 20.8. The third-order valence-electron chi connectivity index (χ3n) is 4.45. The molecule has 1 aromatic rings. The quantitative estimate of drug-likeness (QED) is 0.886. The molecule has 0 spiro atoms. The number of anilines is 1. The molecule has 0 radical (unpaired) electrons. The van der Waals surface area contributed by atoms with Crippen LogP contribution in [0.5, 0.6) is 0 Å². The largest absolute Gasteiger partial charge is 0.444 e. The fraction of sp³-hybridized carbons (Fsp3) is 0.667. The molecule has 1 N–H and O–H groups in total. The van der Waals surface area contributed by atoms with Gasteiger partial charge in [-0.1, -0.05) is 6.92 Å². The van der Waals surface area contributed by atoms with Crippen LogP contribution in [0, 0.1) is 31.1 Å². The molecule has 1 aromatic heterocycles. The van der Waals surface area contributed by atoms with E-state index in [4.69, 9.17) is 4.74 Å². The third-order valence-corrected chi connectivity index (χ3v) is 4.45. The number of nitrogens with one attached hydrogen (secondary N) is 1. The number of carbonyl (C=O) groups excluding carboxylic acids is 1. The molecule has 1 aliphatic heterocycles. The van der Waals surface area contributed by atoms with Crippen molar-refractivity contribution in [2.75, 3.05) is 18.0 Å². The van der Waals surface area contributed by atoms with E-state index in [0.717, 1.165) is 17.7 Å². The molecule has 1 amide bonds. The molecular formula is C18H27N5O2. The number of carbonyl (C=O) groups is 1. The highest BCUT2D eigenvalue weighted by atomic mass is 16.6. The smallest absolute Gasteiger partial charge is 0.407 e. The number of piperidine rings is 1. The number of hydrogen-bond donors (Lipinski definition) is 1. The maximum atomic E-state index is 12.0. The fourth-order valence-electron chi connectivity index (χ4n) is 2.96. The lowest BCUT2D eigenvalue weighted by Crippen LogP contribution is -2.51. The number of hydrogen-bond acceptors (Lipinski definition) is 6. The molecule has 0 saturated carbocycles. The van der Waals surface area contributed by atoms with E-state index in [2.05, 4.69) is 33.4 Å². The predicted molar refractivity (Wildman–Crippen MR) is 95.4 cm³/mol. The average Bonchev–Trinajstić information content (AvgIpc) is 2.50. The molecule has 0 bridgehead atoms. The van der Waals surface area contributed by atoms with Crippen molar-refractivity contribution in [2.45, 2.75) is 59.6 Å². The Balaban J connectivity index is 2.06. The highest BCUT2D eigenvalue weighted by Gasteiger charge is 2.31. The van der Waals surface area contributed by atoms with Crippen molar-refractivity contribution in [3.63, 3.8) is 0 Å². The van der Waals surface area contributed by atoms with Crippen molar-refractivity contribution in [3.8, 4) is 6.07 Å². The van der Waals surface area contributed by atoms with E-state index in [1.807, 2.05) is 34.6 Å². The van der Waals surface area contributed by atoms with Gasteiger partial charge in [-0.15, -0.1) is 5.10 Å². The Labute approximate surface area is 149 Å². The van der Waals surface area contributed by atoms with E-state index >= 15 is 0 Å². The molecule has 1 fully saturated rings. The highest BCUT2D eigenvalue weighted by molar-refractivity contribution is 5.68. The number of ether oxygens (including phenoxy) is 1. The van der Waals surface area contributed by atoms with Gasteiger partial charge in [0.2, 0.25) is 0 Å². The summed E-state index contributed by atoms with van der Waals surface area (Å²) in [7, 11) is 0. The number of rotatable bonds is 2. The van der Waals surface area contributed by atoms with Gasteiger partial charge in [0.25, 0.3) is 0 Å². The second-order valence-electron chi connectivity index (χ2n) is 7.69. The Morgan fingerprint density at radius 2 is 2.04 bits per heavy atom. The number of aryl methyl sites for hydroxylation is 1. The zero-order chi connectivity index (χ0) is 18.8. The van der Waals surface area contributed by atoms with Crippen LogP contribution in [0.3, 0.4) is 0 Å². The van der Waals surface area contributed by atoms with Gasteiger partial charge in [0.05, 0.1) is 5.69 Å². The first kappa shape index (κ1) is 19.0. The van der Waals surface area contributed by atoms with Crippen molar-refractivity contribution in [1.82, 2.24) is 15.5 Å². The SMILES string of the molecule is Cc1nnc(N2CC[C@H](NC(=O)OC(C)(C)C)[C@@H](C)C2)c(C#N)c1C. The summed E-state index contributed by atoms with van der Waals surface area (Å²) >= 11 is 0. The van der Waals surface area contributed by atoms with Crippen molar-refractivity contribution in [1.29, 1.82) is 5.26 Å². The van der Waals surface area contributed by atoms with Gasteiger partial charge >= 0.3 is 6.09 Å². The molecule has 2 atom stereocenters. The van der Waals surface area contributed by atoms with Crippen LogP contribution in [0.4, 0.5) is 10.6 Å². The van der Waals surface area contributed by atoms with Gasteiger partial charge in [0, 0.05) is 19.1 Å². The maximum Gasteiger partial charge on any atom is 0.407 e. The first-order chi connectivity index (χ1) is 11.6. The van der Waals surface area contributed by atoms with Crippen molar-refractivity contribution >= 4 is 11.9 Å². The van der Waals surface area contributed by atoms with Crippen LogP contribution in [-0.4, -0.2) is 41.0 Å². The van der Waals surface area contributed by atoms with Crippen molar-refractivity contribution in [2.24, 2.45) is 5.92 Å². The minimum atomic E-state index is -0.509. The summed E-state index contributed by atoms with van der Waals surface area (Å²) < 4.78 is 5.34. The number of alkyl carbamates (subject to hydrolysis) is 1. The van der Waals surface area contributed by atoms with E-state index in [0.29, 0.717) is 24.5 Å². The first-order valence-corrected chi connectivity index (χ1v) is 8.61. The average molecular weight is 345 g/mol. The van der Waals surface area contributed by atoms with E-state index in [-0.39, 0.29) is 18.1 Å². The minimum Gasteiger partial charge on any atom is -0.444 e. The molecule has 2 rings (SSSR count). The zero-order valence-electron chi connectivity index (χ0n) is 15.9. The highest BCUT2D eigenvalue weighted by Crippen LogP contribution is 2.26. The topological polar surface area (TPSA) is 91.1 Å². The Morgan fingerprint density at radius 1 is 1.36 bits per heavy atom. The van der Waals surface area contributed by atoms with Crippen LogP contribution in [0.1, 0.15) is 50.9 Å². The van der Waals surface area contributed by atoms with E-state index < -0.39 is 5.60 Å². The first-order valence-electron chi connectivity index (χ1n) is 8.61. The Hall–Kier alpha value is -2.36. The Kier molecular flexibility index (Phi) is 5.51. The fourth-order valence-corrected chi connectivity index (χ4v) is 2.96. The third kappa shape index (κ3) is 4.59. The van der Waals surface area contributed by atoms with Gasteiger partial charge in [0.15, 0.2) is 5.82 Å². The summed E-state index contributed by atoms with van der Waals surface area (Å²) in [4.78, 5) is 14.1. The van der Waals surface area contributed by atoms with E-state index in [1.54, 1.807) is 0 Å². The summed E-state index contributed by atoms with van der Waals surface area (Å²) in [6.45, 7) is 12.8. The molecular weight excluding hydrogens is 318 g/mol. The lowest BCUT2D eigenvalue weighted by molar-refractivity contribution is 0.0481. The predicted octanol–water partition coefficient (Wildman–Crippen LogP) is 2.70. The van der Waals surface area contributed by atoms with Crippen LogP contribution in [0.15, 0.2) is 0 Å². The minimum absolute atomic E-state index is 0.0381. The van der Waals surface area contributed by atoms with Crippen LogP contribution in [-0.2, 0) is 4.74 Å². The lowest BCUT2D eigenvalue weighted by atomic mass is 9.93. The lowest BCUT2D eigenvalue weighted by Gasteiger charge is -2.38. The van der Waals surface area contributed by atoms with Gasteiger partial charge in [-0.3, -0.25) is 0 Å². The number of nitrogens with zero attached hydrogens (tertiary/aromatic N) is 4. The van der Waals surface area contributed by atoms with Gasteiger partial charge in [-0.25, -0.2) is 4.79 Å². The van der Waals surface area contributed by atoms with E-state index in [1.165, 1.54) is 0 Å². The molecule has 136 valence electrons. The number of aromatic nitrogens is 2. The monoisotopic (exact) mass is 345 g/mol. The van der Waals surface area contributed by atoms with Crippen molar-refractivity contribution in [3.05, 3.63) is 16.8 Å². The molecule has 0 aromatic carbocycles. The van der Waals surface area contributed by atoms with Crippen LogP contribution >= 0.6 is 0 Å². The van der Waals surface area contributed by atoms with E-state index in [9.17, 15) is 10.1 Å². The molecule has 2 heterocycles. The normalized spacial score (nSPS) is 20.8. The van der Waals surface area contributed by atoms with Crippen LogP contribution in [0.2, 0.25) is 0 Å². The summed E-state index contributed by atoms with van der Waals surface area (Å²) in [5.41, 5.74) is 1.72. The van der Waals surface area contributed by atoms with Gasteiger partial charge in [-0.05, 0) is 52.5 Å². The van der Waals surface area contributed by atoms with Crippen LogP contribution < -0.4 is 10.2 Å². The number of nitriles is 1. The Bertz CT molecular complexity index is 690. The van der Waals surface area contributed by atoms with Gasteiger partial charge in [0.1, 0.15) is 17.2 Å².